The second-order valence-electron chi connectivity index (χ2n) is 5.98. The average Bonchev–Trinajstić information content (AvgIpc) is 2.46. The molecular weight excluding hydrogens is 232 g/mol. The van der Waals surface area contributed by atoms with Crippen LogP contribution >= 0.6 is 0 Å². The summed E-state index contributed by atoms with van der Waals surface area (Å²) in [6.07, 6.45) is 2.43. The number of rotatable bonds is 5. The van der Waals surface area contributed by atoms with E-state index in [2.05, 4.69) is 61.3 Å². The highest BCUT2D eigenvalue weighted by Gasteiger charge is 2.27. The fraction of sp³-hybridized carbons (Fsp3) is 0.647. The van der Waals surface area contributed by atoms with E-state index in [-0.39, 0.29) is 0 Å². The van der Waals surface area contributed by atoms with Crippen LogP contribution < -0.4 is 5.32 Å². The second-order valence-corrected chi connectivity index (χ2v) is 5.98. The van der Waals surface area contributed by atoms with Gasteiger partial charge in [-0.05, 0) is 24.8 Å². The molecule has 19 heavy (non-hydrogen) atoms. The van der Waals surface area contributed by atoms with Crippen LogP contribution in [-0.4, -0.2) is 36.6 Å². The summed E-state index contributed by atoms with van der Waals surface area (Å²) >= 11 is 0. The molecule has 0 spiro atoms. The zero-order valence-electron chi connectivity index (χ0n) is 12.6. The summed E-state index contributed by atoms with van der Waals surface area (Å²) in [4.78, 5) is 2.65. The first kappa shape index (κ1) is 14.5. The third-order valence-corrected chi connectivity index (χ3v) is 4.59. The predicted molar refractivity (Wildman–Crippen MR) is 82.4 cm³/mol. The van der Waals surface area contributed by atoms with E-state index in [4.69, 9.17) is 0 Å². The third kappa shape index (κ3) is 4.05. The maximum Gasteiger partial charge on any atom is 0.0221 e. The van der Waals surface area contributed by atoms with Gasteiger partial charge in [-0.3, -0.25) is 4.90 Å². The van der Waals surface area contributed by atoms with Gasteiger partial charge in [0, 0.05) is 31.7 Å². The number of hydrogen-bond acceptors (Lipinski definition) is 2. The predicted octanol–water partition coefficient (Wildman–Crippen LogP) is 2.94. The van der Waals surface area contributed by atoms with Crippen LogP contribution in [0.3, 0.4) is 0 Å². The van der Waals surface area contributed by atoms with Gasteiger partial charge >= 0.3 is 0 Å². The van der Waals surface area contributed by atoms with Gasteiger partial charge in [-0.1, -0.05) is 50.6 Å². The van der Waals surface area contributed by atoms with Crippen LogP contribution in [0.5, 0.6) is 0 Å². The standard InChI is InChI=1S/C17H28N2/c1-4-14(2)17-13-19(15(3)12-18-17)11-10-16-8-6-5-7-9-16/h5-9,14-15,17-18H,4,10-13H2,1-3H3. The molecule has 2 heteroatoms. The minimum Gasteiger partial charge on any atom is -0.311 e. The van der Waals surface area contributed by atoms with E-state index in [1.807, 2.05) is 0 Å². The molecule has 1 saturated heterocycles. The van der Waals surface area contributed by atoms with Crippen LogP contribution in [0.2, 0.25) is 0 Å². The van der Waals surface area contributed by atoms with E-state index in [1.165, 1.54) is 31.5 Å². The van der Waals surface area contributed by atoms with Gasteiger partial charge in [0.05, 0.1) is 0 Å². The molecule has 0 bridgehead atoms. The van der Waals surface area contributed by atoms with E-state index in [0.717, 1.165) is 12.5 Å². The Morgan fingerprint density at radius 2 is 2.05 bits per heavy atom. The van der Waals surface area contributed by atoms with Crippen molar-refractivity contribution < 1.29 is 0 Å². The second kappa shape index (κ2) is 7.06. The van der Waals surface area contributed by atoms with Crippen LogP contribution in [-0.2, 0) is 6.42 Å². The Balaban J connectivity index is 1.87. The van der Waals surface area contributed by atoms with Crippen molar-refractivity contribution in [1.82, 2.24) is 10.2 Å². The van der Waals surface area contributed by atoms with Crippen LogP contribution in [0.15, 0.2) is 30.3 Å². The number of hydrogen-bond donors (Lipinski definition) is 1. The molecule has 1 aromatic carbocycles. The molecule has 0 saturated carbocycles. The molecule has 0 aliphatic carbocycles. The van der Waals surface area contributed by atoms with Crippen molar-refractivity contribution in [3.05, 3.63) is 35.9 Å². The Kier molecular flexibility index (Phi) is 5.41. The molecule has 0 aromatic heterocycles. The Bertz CT molecular complexity index is 363. The molecule has 1 aliphatic rings. The quantitative estimate of drug-likeness (QED) is 0.875. The fourth-order valence-electron chi connectivity index (χ4n) is 2.84. The highest BCUT2D eigenvalue weighted by Crippen LogP contribution is 2.16. The lowest BCUT2D eigenvalue weighted by Crippen LogP contribution is -2.57. The molecule has 0 radical (unpaired) electrons. The molecule has 1 aliphatic heterocycles. The van der Waals surface area contributed by atoms with Gasteiger partial charge in [0.2, 0.25) is 0 Å². The number of piperazine rings is 1. The van der Waals surface area contributed by atoms with Crippen LogP contribution in [0.25, 0.3) is 0 Å². The smallest absolute Gasteiger partial charge is 0.0221 e. The highest BCUT2D eigenvalue weighted by molar-refractivity contribution is 5.15. The number of benzene rings is 1. The molecule has 1 heterocycles. The lowest BCUT2D eigenvalue weighted by molar-refractivity contribution is 0.120. The molecule has 1 N–H and O–H groups in total. The fourth-order valence-corrected chi connectivity index (χ4v) is 2.84. The first-order valence-corrected chi connectivity index (χ1v) is 7.72. The Morgan fingerprint density at radius 1 is 1.32 bits per heavy atom. The lowest BCUT2D eigenvalue weighted by atomic mass is 9.95. The molecule has 1 aromatic rings. The summed E-state index contributed by atoms with van der Waals surface area (Å²) in [6, 6.07) is 12.2. The van der Waals surface area contributed by atoms with Gasteiger partial charge in [-0.25, -0.2) is 0 Å². The maximum absolute atomic E-state index is 3.71. The van der Waals surface area contributed by atoms with Crippen molar-refractivity contribution >= 4 is 0 Å². The SMILES string of the molecule is CCC(C)C1CN(CCc2ccccc2)C(C)CN1. The van der Waals surface area contributed by atoms with Gasteiger partial charge in [0.1, 0.15) is 0 Å². The van der Waals surface area contributed by atoms with Crippen molar-refractivity contribution in [2.75, 3.05) is 19.6 Å². The van der Waals surface area contributed by atoms with E-state index in [1.54, 1.807) is 0 Å². The largest absolute Gasteiger partial charge is 0.311 e. The van der Waals surface area contributed by atoms with Crippen molar-refractivity contribution in [2.24, 2.45) is 5.92 Å². The molecule has 0 amide bonds. The monoisotopic (exact) mass is 260 g/mol. The van der Waals surface area contributed by atoms with Crippen molar-refractivity contribution in [3.63, 3.8) is 0 Å². The summed E-state index contributed by atoms with van der Waals surface area (Å²) in [6.45, 7) is 10.5. The van der Waals surface area contributed by atoms with E-state index < -0.39 is 0 Å². The summed E-state index contributed by atoms with van der Waals surface area (Å²) in [5, 5.41) is 3.71. The normalized spacial score (nSPS) is 26.3. The molecular formula is C17H28N2. The zero-order chi connectivity index (χ0) is 13.7. The van der Waals surface area contributed by atoms with Crippen molar-refractivity contribution in [3.8, 4) is 0 Å². The Hall–Kier alpha value is -0.860. The first-order chi connectivity index (χ1) is 9.20. The maximum atomic E-state index is 3.71. The van der Waals surface area contributed by atoms with Crippen LogP contribution in [0.1, 0.15) is 32.8 Å². The Labute approximate surface area is 118 Å². The van der Waals surface area contributed by atoms with E-state index in [0.29, 0.717) is 12.1 Å². The summed E-state index contributed by atoms with van der Waals surface area (Å²) in [7, 11) is 0. The minimum absolute atomic E-state index is 0.656. The molecule has 3 atom stereocenters. The molecule has 3 unspecified atom stereocenters. The van der Waals surface area contributed by atoms with Crippen molar-refractivity contribution in [2.45, 2.75) is 45.7 Å². The average molecular weight is 260 g/mol. The van der Waals surface area contributed by atoms with Gasteiger partial charge in [0.25, 0.3) is 0 Å². The van der Waals surface area contributed by atoms with Crippen molar-refractivity contribution in [1.29, 1.82) is 0 Å². The lowest BCUT2D eigenvalue weighted by Gasteiger charge is -2.41. The van der Waals surface area contributed by atoms with E-state index >= 15 is 0 Å². The topological polar surface area (TPSA) is 15.3 Å². The Morgan fingerprint density at radius 3 is 2.74 bits per heavy atom. The van der Waals surface area contributed by atoms with E-state index in [9.17, 15) is 0 Å². The molecule has 106 valence electrons. The summed E-state index contributed by atoms with van der Waals surface area (Å²) < 4.78 is 0. The third-order valence-electron chi connectivity index (χ3n) is 4.59. The van der Waals surface area contributed by atoms with Gasteiger partial charge in [-0.15, -0.1) is 0 Å². The molecule has 2 rings (SSSR count). The molecule has 1 fully saturated rings. The first-order valence-electron chi connectivity index (χ1n) is 7.72. The van der Waals surface area contributed by atoms with Gasteiger partial charge < -0.3 is 5.32 Å². The summed E-state index contributed by atoms with van der Waals surface area (Å²) in [5.74, 6) is 0.770. The van der Waals surface area contributed by atoms with Gasteiger partial charge in [-0.2, -0.15) is 0 Å². The number of nitrogens with zero attached hydrogens (tertiary/aromatic N) is 1. The minimum atomic E-state index is 0.656. The van der Waals surface area contributed by atoms with Gasteiger partial charge in [0.15, 0.2) is 0 Å². The molecule has 2 nitrogen and oxygen atoms in total. The van der Waals surface area contributed by atoms with Crippen LogP contribution in [0.4, 0.5) is 0 Å². The van der Waals surface area contributed by atoms with Crippen LogP contribution in [0, 0.1) is 5.92 Å². The highest BCUT2D eigenvalue weighted by atomic mass is 15.2. The number of nitrogens with one attached hydrogen (secondary N) is 1. The zero-order valence-corrected chi connectivity index (χ0v) is 12.6. The summed E-state index contributed by atoms with van der Waals surface area (Å²) in [5.41, 5.74) is 1.45.